The number of halogens is 3. The van der Waals surface area contributed by atoms with Gasteiger partial charge in [0.25, 0.3) is 10.2 Å². The van der Waals surface area contributed by atoms with Gasteiger partial charge in [0.15, 0.2) is 0 Å². The Bertz CT molecular complexity index is 1670. The minimum absolute atomic E-state index is 0.192. The van der Waals surface area contributed by atoms with Crippen LogP contribution < -0.4 is 14.6 Å². The van der Waals surface area contributed by atoms with Crippen LogP contribution in [0.2, 0.25) is 15.1 Å². The summed E-state index contributed by atoms with van der Waals surface area (Å²) in [6.45, 7) is 0.192. The lowest BCUT2D eigenvalue weighted by atomic mass is 10.0. The van der Waals surface area contributed by atoms with Crippen molar-refractivity contribution in [1.29, 1.82) is 0 Å². The zero-order valence-corrected chi connectivity index (χ0v) is 22.8. The van der Waals surface area contributed by atoms with E-state index in [4.69, 9.17) is 49.2 Å². The molecule has 1 heterocycles. The van der Waals surface area contributed by atoms with Crippen LogP contribution in [0, 0.1) is 11.8 Å². The summed E-state index contributed by atoms with van der Waals surface area (Å²) in [5, 5.41) is 10.7. The van der Waals surface area contributed by atoms with Gasteiger partial charge >= 0.3 is 0 Å². The summed E-state index contributed by atoms with van der Waals surface area (Å²) >= 11 is 19.3. The monoisotopic (exact) mass is 587 g/mol. The second kappa shape index (κ2) is 10.9. The first-order valence-corrected chi connectivity index (χ1v) is 14.1. The topological polar surface area (TPSA) is 107 Å². The number of benzene rings is 3. The van der Waals surface area contributed by atoms with Crippen molar-refractivity contribution in [2.24, 2.45) is 5.14 Å². The third-order valence-corrected chi connectivity index (χ3v) is 7.22. The zero-order valence-electron chi connectivity index (χ0n) is 19.7. The van der Waals surface area contributed by atoms with Gasteiger partial charge in [0.2, 0.25) is 0 Å². The lowest BCUT2D eigenvalue weighted by Gasteiger charge is -2.10. The van der Waals surface area contributed by atoms with Crippen LogP contribution in [-0.4, -0.2) is 13.6 Å². The third-order valence-electron chi connectivity index (χ3n) is 5.75. The van der Waals surface area contributed by atoms with Gasteiger partial charge in [-0.1, -0.05) is 63.9 Å². The fraction of sp³-hybridized carbons (Fsp3) is 0.148. The number of nitrogens with two attached hydrogens (primary N) is 1. The highest BCUT2D eigenvalue weighted by molar-refractivity contribution is 7.90. The maximum atomic E-state index is 11.3. The molecule has 1 aliphatic carbocycles. The Morgan fingerprint density at radius 2 is 1.74 bits per heavy atom. The predicted octanol–water partition coefficient (Wildman–Crippen LogP) is 6.77. The molecule has 0 amide bonds. The molecule has 1 saturated carbocycles. The number of anilines is 1. The molecule has 0 saturated heterocycles. The van der Waals surface area contributed by atoms with Crippen molar-refractivity contribution in [3.63, 3.8) is 0 Å². The molecule has 3 aromatic carbocycles. The predicted molar refractivity (Wildman–Crippen MR) is 149 cm³/mol. The standard InChI is InChI=1S/C27H20Cl3N3O4S/c28-22-5-2-6-23(29)25(22)26-21(27(37-32-26)18-9-10-18)15-36-20-12-11-17(24(30)14-20)8-7-16-3-1-4-19(13-16)33-38(31,34)35/h1-6,11-14,18,33H,9-10,15H2,(H2,31,34,35). The molecular formula is C27H20Cl3N3O4S. The van der Waals surface area contributed by atoms with Crippen LogP contribution in [0.3, 0.4) is 0 Å². The van der Waals surface area contributed by atoms with Crippen molar-refractivity contribution >= 4 is 50.7 Å². The van der Waals surface area contributed by atoms with E-state index in [1.54, 1.807) is 60.7 Å². The van der Waals surface area contributed by atoms with E-state index in [2.05, 4.69) is 21.7 Å². The molecule has 3 N–H and O–H groups in total. The first-order chi connectivity index (χ1) is 18.2. The minimum Gasteiger partial charge on any atom is -0.489 e. The van der Waals surface area contributed by atoms with E-state index in [9.17, 15) is 8.42 Å². The lowest BCUT2D eigenvalue weighted by Crippen LogP contribution is -2.21. The van der Waals surface area contributed by atoms with Crippen LogP contribution in [0.5, 0.6) is 5.75 Å². The first kappa shape index (κ1) is 26.4. The summed E-state index contributed by atoms with van der Waals surface area (Å²) in [7, 11) is -3.88. The van der Waals surface area contributed by atoms with Gasteiger partial charge in [-0.25, -0.2) is 5.14 Å². The number of hydrogen-bond acceptors (Lipinski definition) is 5. The summed E-state index contributed by atoms with van der Waals surface area (Å²) < 4.78 is 36.5. The number of ether oxygens (including phenoxy) is 1. The molecule has 0 bridgehead atoms. The Morgan fingerprint density at radius 1 is 1.00 bits per heavy atom. The molecule has 0 unspecified atom stereocenters. The molecule has 5 rings (SSSR count). The highest BCUT2D eigenvalue weighted by atomic mass is 35.5. The van der Waals surface area contributed by atoms with E-state index >= 15 is 0 Å². The molecule has 11 heteroatoms. The second-order valence-corrected chi connectivity index (χ2v) is 11.2. The summed E-state index contributed by atoms with van der Waals surface area (Å²) in [4.78, 5) is 0. The Labute approximate surface area is 235 Å². The SMILES string of the molecule is NS(=O)(=O)Nc1cccc(C#Cc2ccc(OCc3c(-c4c(Cl)cccc4Cl)noc3C3CC3)cc2Cl)c1. The summed E-state index contributed by atoms with van der Waals surface area (Å²) in [6, 6.07) is 17.0. The highest BCUT2D eigenvalue weighted by Crippen LogP contribution is 2.46. The largest absolute Gasteiger partial charge is 0.489 e. The van der Waals surface area contributed by atoms with E-state index in [0.717, 1.165) is 24.2 Å². The number of hydrogen-bond donors (Lipinski definition) is 2. The van der Waals surface area contributed by atoms with Crippen molar-refractivity contribution in [2.45, 2.75) is 25.4 Å². The molecule has 194 valence electrons. The number of nitrogens with zero attached hydrogens (tertiary/aromatic N) is 1. The average molecular weight is 589 g/mol. The maximum absolute atomic E-state index is 11.3. The first-order valence-electron chi connectivity index (χ1n) is 11.5. The van der Waals surface area contributed by atoms with Crippen LogP contribution in [0.25, 0.3) is 11.3 Å². The summed E-state index contributed by atoms with van der Waals surface area (Å²) in [6.07, 6.45) is 2.05. The number of aromatic nitrogens is 1. The van der Waals surface area contributed by atoms with Gasteiger partial charge in [0.05, 0.1) is 26.3 Å². The molecule has 0 atom stereocenters. The fourth-order valence-electron chi connectivity index (χ4n) is 3.85. The van der Waals surface area contributed by atoms with Crippen molar-refractivity contribution < 1.29 is 17.7 Å². The maximum Gasteiger partial charge on any atom is 0.296 e. The molecule has 7 nitrogen and oxygen atoms in total. The second-order valence-electron chi connectivity index (χ2n) is 8.65. The van der Waals surface area contributed by atoms with Crippen LogP contribution in [0.1, 0.15) is 41.2 Å². The Kier molecular flexibility index (Phi) is 7.57. The van der Waals surface area contributed by atoms with E-state index in [1.165, 1.54) is 0 Å². The lowest BCUT2D eigenvalue weighted by molar-refractivity contribution is 0.300. The quantitative estimate of drug-likeness (QED) is 0.232. The van der Waals surface area contributed by atoms with Crippen molar-refractivity contribution in [1.82, 2.24) is 5.16 Å². The third kappa shape index (κ3) is 6.26. The Morgan fingerprint density at radius 3 is 2.42 bits per heavy atom. The number of rotatable bonds is 7. The highest BCUT2D eigenvalue weighted by Gasteiger charge is 2.33. The molecule has 1 fully saturated rings. The molecular weight excluding hydrogens is 569 g/mol. The van der Waals surface area contributed by atoms with Crippen molar-refractivity contribution in [3.05, 3.63) is 98.2 Å². The summed E-state index contributed by atoms with van der Waals surface area (Å²) in [5.41, 5.74) is 3.45. The van der Waals surface area contributed by atoms with Crippen LogP contribution >= 0.6 is 34.8 Å². The van der Waals surface area contributed by atoms with Gasteiger partial charge in [-0.15, -0.1) is 0 Å². The van der Waals surface area contributed by atoms with Gasteiger partial charge in [0, 0.05) is 28.7 Å². The van der Waals surface area contributed by atoms with Crippen molar-refractivity contribution in [3.8, 4) is 28.8 Å². The van der Waals surface area contributed by atoms with Crippen LogP contribution in [0.15, 0.2) is 65.2 Å². The van der Waals surface area contributed by atoms with Gasteiger partial charge in [-0.05, 0) is 55.3 Å². The van der Waals surface area contributed by atoms with Crippen LogP contribution in [0.4, 0.5) is 5.69 Å². The van der Waals surface area contributed by atoms with Crippen LogP contribution in [-0.2, 0) is 16.8 Å². The van der Waals surface area contributed by atoms with E-state index < -0.39 is 10.2 Å². The van der Waals surface area contributed by atoms with Gasteiger partial charge in [-0.3, -0.25) is 4.72 Å². The normalized spacial score (nSPS) is 13.1. The molecule has 0 spiro atoms. The molecule has 0 aliphatic heterocycles. The summed E-state index contributed by atoms with van der Waals surface area (Å²) in [5.74, 6) is 7.58. The molecule has 0 radical (unpaired) electrons. The molecule has 1 aliphatic rings. The average Bonchev–Trinajstić information content (AvgIpc) is 3.61. The van der Waals surface area contributed by atoms with E-state index in [0.29, 0.717) is 54.8 Å². The molecule has 4 aromatic rings. The Balaban J connectivity index is 1.35. The van der Waals surface area contributed by atoms with Gasteiger partial charge in [0.1, 0.15) is 23.8 Å². The molecule has 1 aromatic heterocycles. The Hall–Kier alpha value is -3.19. The van der Waals surface area contributed by atoms with E-state index in [1.807, 2.05) is 0 Å². The zero-order chi connectivity index (χ0) is 26.9. The fourth-order valence-corrected chi connectivity index (χ4v) is 5.10. The number of nitrogens with one attached hydrogen (secondary N) is 1. The van der Waals surface area contributed by atoms with Gasteiger partial charge < -0.3 is 9.26 Å². The van der Waals surface area contributed by atoms with Gasteiger partial charge in [-0.2, -0.15) is 8.42 Å². The molecule has 38 heavy (non-hydrogen) atoms. The minimum atomic E-state index is -3.88. The van der Waals surface area contributed by atoms with E-state index in [-0.39, 0.29) is 6.61 Å². The van der Waals surface area contributed by atoms with Crippen molar-refractivity contribution in [2.75, 3.05) is 4.72 Å². The smallest absolute Gasteiger partial charge is 0.296 e.